The smallest absolute Gasteiger partial charge is 0.232 e. The van der Waals surface area contributed by atoms with Crippen LogP contribution in [-0.2, 0) is 14.8 Å². The molecule has 1 aliphatic heterocycles. The summed E-state index contributed by atoms with van der Waals surface area (Å²) in [5.41, 5.74) is 1.72. The Balaban J connectivity index is 1.71. The Bertz CT molecular complexity index is 1670. The van der Waals surface area contributed by atoms with E-state index in [0.29, 0.717) is 28.6 Å². The summed E-state index contributed by atoms with van der Waals surface area (Å²) in [6, 6.07) is 23.3. The number of sulfonamides is 1. The maximum absolute atomic E-state index is 14.8. The molecule has 1 heterocycles. The molecule has 2 fully saturated rings. The Hall–Kier alpha value is -3.31. The van der Waals surface area contributed by atoms with Crippen molar-refractivity contribution in [2.24, 2.45) is 11.3 Å². The van der Waals surface area contributed by atoms with Crippen LogP contribution in [0.1, 0.15) is 61.3 Å². The molecule has 0 radical (unpaired) electrons. The van der Waals surface area contributed by atoms with Crippen LogP contribution in [0.2, 0.25) is 10.0 Å². The Morgan fingerprint density at radius 1 is 1.07 bits per heavy atom. The van der Waals surface area contributed by atoms with Crippen LogP contribution in [0.3, 0.4) is 0 Å². The lowest BCUT2D eigenvalue weighted by Crippen LogP contribution is -2.59. The average molecular weight is 637 g/mol. The minimum absolute atomic E-state index is 0.0322. The third-order valence-corrected chi connectivity index (χ3v) is 10.4. The first-order chi connectivity index (χ1) is 20.5. The van der Waals surface area contributed by atoms with Crippen LogP contribution in [0.5, 0.6) is 0 Å². The van der Waals surface area contributed by atoms with Crippen molar-refractivity contribution >= 4 is 44.8 Å². The standard InChI is InChI=1S/C34H35Cl2N3O3S/c1-4-18-34(2)20-29(25-9-7-10-28(36)19-25)32(24-14-16-27(35)17-15-24)39(33(34)40)31(23-12-13-23)22-38(43(3,41)42)30-11-6-5-8-26(30)21-37/h4-11,14-17,19,23,29,31-32H,1,12-13,18,20,22H2,2-3H3/t29-,31?,32-,34+/m1/s1. The lowest BCUT2D eigenvalue weighted by atomic mass is 9.67. The number of para-hydroxylation sites is 1. The first kappa shape index (κ1) is 31.1. The van der Waals surface area contributed by atoms with E-state index in [1.165, 1.54) is 4.31 Å². The van der Waals surface area contributed by atoms with Crippen LogP contribution in [0.25, 0.3) is 0 Å². The number of hydrogen-bond donors (Lipinski definition) is 0. The average Bonchev–Trinajstić information content (AvgIpc) is 3.81. The number of carbonyl (C=O) groups excluding carboxylic acids is 1. The zero-order valence-corrected chi connectivity index (χ0v) is 26.6. The molecular formula is C34H35Cl2N3O3S. The van der Waals surface area contributed by atoms with Gasteiger partial charge < -0.3 is 4.90 Å². The summed E-state index contributed by atoms with van der Waals surface area (Å²) in [4.78, 5) is 16.8. The number of nitrogens with zero attached hydrogens (tertiary/aromatic N) is 3. The van der Waals surface area contributed by atoms with Gasteiger partial charge in [0.1, 0.15) is 6.07 Å². The first-order valence-electron chi connectivity index (χ1n) is 14.4. The van der Waals surface area contributed by atoms with Gasteiger partial charge >= 0.3 is 0 Å². The number of anilines is 1. The Kier molecular flexibility index (Phi) is 8.94. The summed E-state index contributed by atoms with van der Waals surface area (Å²) in [5.74, 6) is -0.0743. The third-order valence-electron chi connectivity index (χ3n) is 8.76. The number of hydrogen-bond acceptors (Lipinski definition) is 4. The molecule has 1 saturated heterocycles. The van der Waals surface area contributed by atoms with E-state index in [1.54, 1.807) is 30.3 Å². The van der Waals surface area contributed by atoms with Crippen molar-refractivity contribution < 1.29 is 13.2 Å². The van der Waals surface area contributed by atoms with Crippen LogP contribution in [-0.4, -0.2) is 38.1 Å². The number of piperidine rings is 1. The molecule has 0 N–H and O–H groups in total. The van der Waals surface area contributed by atoms with Crippen molar-refractivity contribution in [3.63, 3.8) is 0 Å². The highest BCUT2D eigenvalue weighted by molar-refractivity contribution is 7.92. The van der Waals surface area contributed by atoms with Crippen LogP contribution in [0.15, 0.2) is 85.5 Å². The maximum atomic E-state index is 14.8. The Labute approximate surface area is 264 Å². The van der Waals surface area contributed by atoms with Crippen molar-refractivity contribution in [3.05, 3.63) is 112 Å². The topological polar surface area (TPSA) is 81.5 Å². The van der Waals surface area contributed by atoms with Crippen molar-refractivity contribution in [2.45, 2.75) is 50.6 Å². The van der Waals surface area contributed by atoms with E-state index < -0.39 is 27.5 Å². The lowest BCUT2D eigenvalue weighted by Gasteiger charge is -2.53. The molecule has 0 bridgehead atoms. The summed E-state index contributed by atoms with van der Waals surface area (Å²) >= 11 is 12.8. The molecule has 1 unspecified atom stereocenters. The number of halogens is 2. The molecule has 3 aromatic carbocycles. The number of likely N-dealkylation sites (tertiary alicyclic amines) is 1. The van der Waals surface area contributed by atoms with Crippen molar-refractivity contribution in [2.75, 3.05) is 17.1 Å². The predicted molar refractivity (Wildman–Crippen MR) is 173 cm³/mol. The van der Waals surface area contributed by atoms with Gasteiger partial charge in [-0.25, -0.2) is 8.42 Å². The highest BCUT2D eigenvalue weighted by Gasteiger charge is 2.54. The molecule has 224 valence electrons. The molecule has 9 heteroatoms. The fraction of sp³-hybridized carbons (Fsp3) is 0.353. The molecule has 0 spiro atoms. The second kappa shape index (κ2) is 12.4. The second-order valence-electron chi connectivity index (χ2n) is 12.0. The molecule has 6 nitrogen and oxygen atoms in total. The van der Waals surface area contributed by atoms with Gasteiger partial charge in [0.15, 0.2) is 0 Å². The fourth-order valence-corrected chi connectivity index (χ4v) is 7.83. The summed E-state index contributed by atoms with van der Waals surface area (Å²) in [6.07, 6.45) is 5.71. The highest BCUT2D eigenvalue weighted by Crippen LogP contribution is 2.54. The molecule has 43 heavy (non-hydrogen) atoms. The molecule has 2 aliphatic rings. The Morgan fingerprint density at radius 2 is 1.77 bits per heavy atom. The van der Waals surface area contributed by atoms with Crippen molar-refractivity contribution in [1.82, 2.24) is 4.90 Å². The summed E-state index contributed by atoms with van der Waals surface area (Å²) in [5, 5.41) is 11.0. The van der Waals surface area contributed by atoms with Gasteiger partial charge in [0, 0.05) is 16.0 Å². The van der Waals surface area contributed by atoms with Crippen LogP contribution in [0, 0.1) is 22.7 Å². The van der Waals surface area contributed by atoms with Gasteiger partial charge in [0.05, 0.1) is 41.6 Å². The van der Waals surface area contributed by atoms with Crippen LogP contribution in [0.4, 0.5) is 5.69 Å². The van der Waals surface area contributed by atoms with E-state index in [1.807, 2.05) is 60.4 Å². The molecule has 0 aromatic heterocycles. The van der Waals surface area contributed by atoms with Gasteiger partial charge in [-0.2, -0.15) is 5.26 Å². The van der Waals surface area contributed by atoms with Crippen molar-refractivity contribution in [1.29, 1.82) is 5.26 Å². The monoisotopic (exact) mass is 635 g/mol. The SMILES string of the molecule is C=CC[C@@]1(C)C[C@H](c2cccc(Cl)c2)[C@@H](c2ccc(Cl)cc2)N(C(CN(c2ccccc2C#N)S(C)(=O)=O)C2CC2)C1=O. The quantitative estimate of drug-likeness (QED) is 0.213. The number of nitriles is 1. The van der Waals surface area contributed by atoms with Crippen molar-refractivity contribution in [3.8, 4) is 6.07 Å². The number of benzene rings is 3. The van der Waals surface area contributed by atoms with E-state index in [4.69, 9.17) is 23.2 Å². The van der Waals surface area contributed by atoms with E-state index in [-0.39, 0.29) is 29.9 Å². The highest BCUT2D eigenvalue weighted by atomic mass is 35.5. The first-order valence-corrected chi connectivity index (χ1v) is 17.0. The van der Waals surface area contributed by atoms with E-state index in [2.05, 4.69) is 12.6 Å². The zero-order chi connectivity index (χ0) is 30.9. The molecule has 1 saturated carbocycles. The predicted octanol–water partition coefficient (Wildman–Crippen LogP) is 7.75. The number of carbonyl (C=O) groups is 1. The van der Waals surface area contributed by atoms with Gasteiger partial charge in [-0.05, 0) is 79.1 Å². The maximum Gasteiger partial charge on any atom is 0.232 e. The number of rotatable bonds is 10. The zero-order valence-electron chi connectivity index (χ0n) is 24.3. The minimum Gasteiger partial charge on any atom is -0.329 e. The summed E-state index contributed by atoms with van der Waals surface area (Å²) in [6.45, 7) is 5.97. The van der Waals surface area contributed by atoms with Gasteiger partial charge in [-0.1, -0.05) is 72.6 Å². The van der Waals surface area contributed by atoms with Gasteiger partial charge in [0.2, 0.25) is 15.9 Å². The molecule has 5 rings (SSSR count). The molecule has 4 atom stereocenters. The van der Waals surface area contributed by atoms with Gasteiger partial charge in [0.25, 0.3) is 0 Å². The van der Waals surface area contributed by atoms with E-state index in [9.17, 15) is 18.5 Å². The van der Waals surface area contributed by atoms with E-state index >= 15 is 0 Å². The number of amides is 1. The molecular weight excluding hydrogens is 601 g/mol. The van der Waals surface area contributed by atoms with E-state index in [0.717, 1.165) is 30.2 Å². The fourth-order valence-electron chi connectivity index (χ4n) is 6.57. The van der Waals surface area contributed by atoms with Gasteiger partial charge in [-0.3, -0.25) is 9.10 Å². The summed E-state index contributed by atoms with van der Waals surface area (Å²) in [7, 11) is -3.81. The second-order valence-corrected chi connectivity index (χ2v) is 14.7. The number of allylic oxidation sites excluding steroid dienone is 1. The normalized spacial score (nSPS) is 23.0. The largest absolute Gasteiger partial charge is 0.329 e. The third kappa shape index (κ3) is 6.47. The van der Waals surface area contributed by atoms with Crippen LogP contribution < -0.4 is 4.31 Å². The molecule has 1 aliphatic carbocycles. The lowest BCUT2D eigenvalue weighted by molar-refractivity contribution is -0.154. The van der Waals surface area contributed by atoms with Crippen LogP contribution >= 0.6 is 23.2 Å². The molecule has 3 aromatic rings. The summed E-state index contributed by atoms with van der Waals surface area (Å²) < 4.78 is 28.0. The Morgan fingerprint density at radius 3 is 2.37 bits per heavy atom. The minimum atomic E-state index is -3.81. The molecule has 1 amide bonds. The van der Waals surface area contributed by atoms with Gasteiger partial charge in [-0.15, -0.1) is 6.58 Å².